The number of aliphatic imine (C=N–C) groups is 1. The van der Waals surface area contributed by atoms with Gasteiger partial charge in [0.1, 0.15) is 6.54 Å². The number of aryl methyl sites for hydroxylation is 1. The topological polar surface area (TPSA) is 65.8 Å². The zero-order valence-electron chi connectivity index (χ0n) is 16.1. The number of alkyl halides is 3. The molecular formula is C16H27F3N6O. The highest BCUT2D eigenvalue weighted by molar-refractivity contribution is 5.86. The molecule has 0 aromatic carbocycles. The van der Waals surface area contributed by atoms with Crippen LogP contribution in [0.3, 0.4) is 0 Å². The van der Waals surface area contributed by atoms with Crippen molar-refractivity contribution in [2.75, 3.05) is 34.2 Å². The van der Waals surface area contributed by atoms with Crippen molar-refractivity contribution >= 4 is 11.9 Å². The second-order valence-electron chi connectivity index (χ2n) is 6.49. The normalized spacial score (nSPS) is 12.5. The van der Waals surface area contributed by atoms with E-state index in [1.165, 1.54) is 0 Å². The van der Waals surface area contributed by atoms with Gasteiger partial charge in [-0.2, -0.15) is 18.3 Å². The summed E-state index contributed by atoms with van der Waals surface area (Å²) in [6.07, 6.45) is -2.50. The zero-order valence-corrected chi connectivity index (χ0v) is 16.1. The van der Waals surface area contributed by atoms with Crippen LogP contribution >= 0.6 is 0 Å². The Balaban J connectivity index is 2.68. The van der Waals surface area contributed by atoms with Gasteiger partial charge in [0, 0.05) is 46.5 Å². The number of carbonyl (C=O) groups is 1. The van der Waals surface area contributed by atoms with Crippen molar-refractivity contribution in [1.82, 2.24) is 24.9 Å². The first-order valence-corrected chi connectivity index (χ1v) is 8.19. The molecule has 0 aliphatic carbocycles. The molecule has 26 heavy (non-hydrogen) atoms. The minimum absolute atomic E-state index is 0.257. The average molecular weight is 376 g/mol. The maximum absolute atomic E-state index is 12.4. The third-order valence-electron chi connectivity index (χ3n) is 3.70. The van der Waals surface area contributed by atoms with Crippen LogP contribution in [0.4, 0.5) is 13.2 Å². The highest BCUT2D eigenvalue weighted by atomic mass is 19.4. The quantitative estimate of drug-likeness (QED) is 0.605. The number of hydrogen-bond donors (Lipinski definition) is 1. The number of likely N-dealkylation sites (N-methyl/N-ethyl adjacent to an activating group) is 1. The Bertz CT molecular complexity index is 638. The maximum atomic E-state index is 12.4. The van der Waals surface area contributed by atoms with Gasteiger partial charge in [0.2, 0.25) is 5.91 Å². The smallest absolute Gasteiger partial charge is 0.347 e. The molecule has 1 heterocycles. The number of carbonyl (C=O) groups excluding carboxylic acids is 1. The molecule has 10 heteroatoms. The summed E-state index contributed by atoms with van der Waals surface area (Å²) in [5.74, 6) is 0.00519. The van der Waals surface area contributed by atoms with Crippen LogP contribution in [0.15, 0.2) is 11.2 Å². The van der Waals surface area contributed by atoms with E-state index >= 15 is 0 Å². The van der Waals surface area contributed by atoms with E-state index in [1.54, 1.807) is 23.7 Å². The Morgan fingerprint density at radius 2 is 1.96 bits per heavy atom. The number of nitrogens with zero attached hydrogens (tertiary/aromatic N) is 5. The van der Waals surface area contributed by atoms with Crippen LogP contribution in [0.2, 0.25) is 0 Å². The summed E-state index contributed by atoms with van der Waals surface area (Å²) in [5.41, 5.74) is 1.99. The minimum atomic E-state index is -4.42. The fraction of sp³-hybridized carbons (Fsp3) is 0.688. The Morgan fingerprint density at radius 1 is 1.35 bits per heavy atom. The first-order valence-electron chi connectivity index (χ1n) is 8.19. The first-order chi connectivity index (χ1) is 11.9. The summed E-state index contributed by atoms with van der Waals surface area (Å²) in [4.78, 5) is 18.4. The summed E-state index contributed by atoms with van der Waals surface area (Å²) < 4.78 is 38.8. The summed E-state index contributed by atoms with van der Waals surface area (Å²) in [5, 5.41) is 7.24. The Labute approximate surface area is 151 Å². The van der Waals surface area contributed by atoms with E-state index in [1.807, 2.05) is 27.1 Å². The number of nitrogens with one attached hydrogen (secondary N) is 1. The van der Waals surface area contributed by atoms with Gasteiger partial charge in [-0.3, -0.25) is 14.5 Å². The summed E-state index contributed by atoms with van der Waals surface area (Å²) >= 11 is 0. The van der Waals surface area contributed by atoms with Crippen LogP contribution in [-0.2, 0) is 18.4 Å². The monoisotopic (exact) mass is 376 g/mol. The van der Waals surface area contributed by atoms with E-state index in [9.17, 15) is 18.0 Å². The number of amides is 1. The molecule has 7 nitrogen and oxygen atoms in total. The van der Waals surface area contributed by atoms with Gasteiger partial charge in [-0.15, -0.1) is 0 Å². The lowest BCUT2D eigenvalue weighted by molar-refractivity contribution is -0.157. The van der Waals surface area contributed by atoms with Gasteiger partial charge in [0.15, 0.2) is 5.96 Å². The van der Waals surface area contributed by atoms with E-state index in [0.29, 0.717) is 17.4 Å². The fourth-order valence-electron chi connectivity index (χ4n) is 2.52. The van der Waals surface area contributed by atoms with Crippen molar-refractivity contribution < 1.29 is 18.0 Å². The summed E-state index contributed by atoms with van der Waals surface area (Å²) in [6, 6.07) is 0. The van der Waals surface area contributed by atoms with Crippen molar-refractivity contribution in [2.24, 2.45) is 12.0 Å². The lowest BCUT2D eigenvalue weighted by atomic mass is 10.1. The molecule has 1 amide bonds. The van der Waals surface area contributed by atoms with Gasteiger partial charge in [-0.25, -0.2) is 0 Å². The maximum Gasteiger partial charge on any atom is 0.406 e. The molecule has 148 valence electrons. The van der Waals surface area contributed by atoms with Crippen LogP contribution in [0.25, 0.3) is 0 Å². The number of guanidine groups is 1. The Morgan fingerprint density at radius 3 is 2.46 bits per heavy atom. The molecule has 1 aromatic heterocycles. The molecule has 1 aromatic rings. The van der Waals surface area contributed by atoms with Crippen LogP contribution in [-0.4, -0.2) is 71.9 Å². The van der Waals surface area contributed by atoms with Gasteiger partial charge < -0.3 is 15.1 Å². The van der Waals surface area contributed by atoms with Crippen molar-refractivity contribution in [3.63, 3.8) is 0 Å². The van der Waals surface area contributed by atoms with Crippen molar-refractivity contribution in [3.05, 3.63) is 17.5 Å². The molecular weight excluding hydrogens is 349 g/mol. The van der Waals surface area contributed by atoms with Gasteiger partial charge in [-0.05, 0) is 5.92 Å². The van der Waals surface area contributed by atoms with Crippen molar-refractivity contribution in [1.29, 1.82) is 0 Å². The van der Waals surface area contributed by atoms with E-state index in [4.69, 9.17) is 0 Å². The molecule has 0 aliphatic rings. The third kappa shape index (κ3) is 6.57. The molecule has 0 unspecified atom stereocenters. The molecule has 0 spiro atoms. The minimum Gasteiger partial charge on any atom is -0.347 e. The zero-order chi connectivity index (χ0) is 20.1. The highest BCUT2D eigenvalue weighted by Gasteiger charge is 2.31. The molecule has 0 aliphatic heterocycles. The van der Waals surface area contributed by atoms with Crippen molar-refractivity contribution in [2.45, 2.75) is 32.5 Å². The van der Waals surface area contributed by atoms with E-state index in [2.05, 4.69) is 15.4 Å². The molecule has 1 N–H and O–H groups in total. The molecule has 0 fully saturated rings. The number of halogens is 3. The fourth-order valence-corrected chi connectivity index (χ4v) is 2.52. The highest BCUT2D eigenvalue weighted by Crippen LogP contribution is 2.18. The van der Waals surface area contributed by atoms with Crippen LogP contribution in [0, 0.1) is 0 Å². The van der Waals surface area contributed by atoms with Gasteiger partial charge in [0.25, 0.3) is 0 Å². The van der Waals surface area contributed by atoms with Gasteiger partial charge in [-0.1, -0.05) is 13.8 Å². The molecule has 0 atom stereocenters. The van der Waals surface area contributed by atoms with Crippen molar-refractivity contribution in [3.8, 4) is 0 Å². The second-order valence-corrected chi connectivity index (χ2v) is 6.49. The largest absolute Gasteiger partial charge is 0.406 e. The predicted molar refractivity (Wildman–Crippen MR) is 93.8 cm³/mol. The van der Waals surface area contributed by atoms with Crippen LogP contribution in [0.1, 0.15) is 31.0 Å². The average Bonchev–Trinajstić information content (AvgIpc) is 2.86. The van der Waals surface area contributed by atoms with Crippen LogP contribution in [0.5, 0.6) is 0 Å². The first kappa shape index (κ1) is 21.8. The van der Waals surface area contributed by atoms with Gasteiger partial charge >= 0.3 is 6.18 Å². The van der Waals surface area contributed by atoms with E-state index < -0.39 is 18.6 Å². The Hall–Kier alpha value is -2.26. The number of aromatic nitrogens is 2. The van der Waals surface area contributed by atoms with Gasteiger partial charge in [0.05, 0.1) is 12.2 Å². The molecule has 0 radical (unpaired) electrons. The lowest BCUT2D eigenvalue weighted by Gasteiger charge is -2.24. The van der Waals surface area contributed by atoms with Crippen LogP contribution < -0.4 is 5.32 Å². The third-order valence-corrected chi connectivity index (χ3v) is 3.70. The molecule has 0 bridgehead atoms. The standard InChI is InChI=1S/C16H27F3N6O/c1-11(2)14-12(9-25(6)22-14)8-23(4)15(20-3)21-7-13(26)24(5)10-16(17,18)19/h9,11H,7-8,10H2,1-6H3,(H,20,21). The predicted octanol–water partition coefficient (Wildman–Crippen LogP) is 1.57. The molecule has 0 saturated carbocycles. The second kappa shape index (κ2) is 8.91. The number of rotatable bonds is 6. The summed E-state index contributed by atoms with van der Waals surface area (Å²) in [7, 11) is 6.30. The lowest BCUT2D eigenvalue weighted by Crippen LogP contribution is -2.46. The molecule has 1 rings (SSSR count). The SMILES string of the molecule is CN=C(NCC(=O)N(C)CC(F)(F)F)N(C)Cc1cn(C)nc1C(C)C. The summed E-state index contributed by atoms with van der Waals surface area (Å²) in [6.45, 7) is 3.05. The number of hydrogen-bond acceptors (Lipinski definition) is 3. The van der Waals surface area contributed by atoms with E-state index in [0.717, 1.165) is 18.3 Å². The molecule has 0 saturated heterocycles. The Kier molecular flexibility index (Phi) is 7.46. The van der Waals surface area contributed by atoms with E-state index in [-0.39, 0.29) is 12.5 Å².